The van der Waals surface area contributed by atoms with Gasteiger partial charge in [0.1, 0.15) is 34.8 Å². The molecule has 2 nitrogen and oxygen atoms in total. The fourth-order valence-corrected chi connectivity index (χ4v) is 5.26. The van der Waals surface area contributed by atoms with E-state index in [-0.39, 0.29) is 18.1 Å². The van der Waals surface area contributed by atoms with Gasteiger partial charge in [0.15, 0.2) is 0 Å². The summed E-state index contributed by atoms with van der Waals surface area (Å²) in [5.74, 6) is -7.55. The minimum Gasteiger partial charge on any atom is -0.423 e. The number of carbonyl (C=O) groups is 1. The zero-order chi connectivity index (χ0) is 29.9. The Morgan fingerprint density at radius 2 is 1.46 bits per heavy atom. The highest BCUT2D eigenvalue weighted by Crippen LogP contribution is 2.38. The van der Waals surface area contributed by atoms with Crippen molar-refractivity contribution in [1.82, 2.24) is 0 Å². The van der Waals surface area contributed by atoms with E-state index in [0.717, 1.165) is 44.1 Å². The first kappa shape index (κ1) is 30.3. The predicted octanol–water partition coefficient (Wildman–Crippen LogP) is 9.92. The molecule has 3 aromatic rings. The summed E-state index contributed by atoms with van der Waals surface area (Å²) >= 11 is 0. The molecular formula is C31H26F8O2. The van der Waals surface area contributed by atoms with Crippen LogP contribution in [0, 0.1) is 35.0 Å². The molecule has 0 spiro atoms. The molecule has 1 saturated carbocycles. The fraction of sp³-hybridized carbons (Fsp3) is 0.323. The Kier molecular flexibility index (Phi) is 9.19. The Labute approximate surface area is 231 Å². The first-order chi connectivity index (χ1) is 19.4. The molecule has 0 unspecified atom stereocenters. The molecule has 0 saturated heterocycles. The number of hydrogen-bond donors (Lipinski definition) is 0. The average molecular weight is 583 g/mol. The van der Waals surface area contributed by atoms with Gasteiger partial charge >= 0.3 is 12.1 Å². The summed E-state index contributed by atoms with van der Waals surface area (Å²) in [4.78, 5) is 12.6. The van der Waals surface area contributed by atoms with Crippen molar-refractivity contribution in [2.75, 3.05) is 0 Å². The Hall–Kier alpha value is -3.69. The summed E-state index contributed by atoms with van der Waals surface area (Å²) < 4.78 is 115. The van der Waals surface area contributed by atoms with Crippen LogP contribution in [0.25, 0.3) is 17.2 Å². The summed E-state index contributed by atoms with van der Waals surface area (Å²) in [6.45, 7) is 2.14. The summed E-state index contributed by atoms with van der Waals surface area (Å²) in [7, 11) is 0. The number of benzene rings is 3. The molecule has 0 aliphatic heterocycles. The molecule has 218 valence electrons. The van der Waals surface area contributed by atoms with Crippen molar-refractivity contribution in [2.45, 2.75) is 57.5 Å². The first-order valence-electron chi connectivity index (χ1n) is 13.1. The third-order valence-corrected chi connectivity index (χ3v) is 7.26. The highest BCUT2D eigenvalue weighted by Gasteiger charge is 2.26. The third-order valence-electron chi connectivity index (χ3n) is 7.26. The summed E-state index contributed by atoms with van der Waals surface area (Å²) in [5.41, 5.74) is -2.27. The van der Waals surface area contributed by atoms with Crippen molar-refractivity contribution in [3.63, 3.8) is 0 Å². The Balaban J connectivity index is 1.50. The highest BCUT2D eigenvalue weighted by atomic mass is 19.4. The van der Waals surface area contributed by atoms with Crippen LogP contribution in [0.4, 0.5) is 35.1 Å². The van der Waals surface area contributed by atoms with Crippen molar-refractivity contribution in [1.29, 1.82) is 0 Å². The van der Waals surface area contributed by atoms with Crippen LogP contribution in [0.1, 0.15) is 72.9 Å². The van der Waals surface area contributed by atoms with Gasteiger partial charge in [0.25, 0.3) is 0 Å². The maximum atomic E-state index is 14.8. The van der Waals surface area contributed by atoms with E-state index in [9.17, 15) is 39.9 Å². The van der Waals surface area contributed by atoms with Gasteiger partial charge in [-0.2, -0.15) is 13.2 Å². The molecule has 3 aromatic carbocycles. The lowest BCUT2D eigenvalue weighted by Gasteiger charge is -2.28. The Morgan fingerprint density at radius 1 is 0.854 bits per heavy atom. The van der Waals surface area contributed by atoms with E-state index in [2.05, 4.69) is 6.92 Å². The van der Waals surface area contributed by atoms with Gasteiger partial charge in [-0.3, -0.25) is 0 Å². The number of allylic oxidation sites excluding steroid dienone is 1. The normalized spacial score (nSPS) is 17.7. The number of rotatable bonds is 7. The van der Waals surface area contributed by atoms with Crippen molar-refractivity contribution < 1.29 is 44.7 Å². The van der Waals surface area contributed by atoms with Crippen LogP contribution in [0.5, 0.6) is 5.75 Å². The molecule has 1 fully saturated rings. The minimum absolute atomic E-state index is 0.160. The summed E-state index contributed by atoms with van der Waals surface area (Å²) in [6.07, 6.45) is 1.16. The largest absolute Gasteiger partial charge is 0.423 e. The second kappa shape index (κ2) is 12.4. The molecule has 41 heavy (non-hydrogen) atoms. The SMILES string of the molecule is CCCC1CCC(c2ccc(C(=O)Oc3cc(F)c(-c4cc(F)c(C=CC(F)(F)F)c(F)c4)c(F)c3)c(F)c2)CC1. The number of ether oxygens (including phenoxy) is 1. The molecule has 0 heterocycles. The van der Waals surface area contributed by atoms with Crippen molar-refractivity contribution in [3.05, 3.63) is 94.3 Å². The Bertz CT molecular complexity index is 1410. The molecule has 4 rings (SSSR count). The smallest absolute Gasteiger partial charge is 0.409 e. The molecule has 0 amide bonds. The molecule has 0 bridgehead atoms. The number of carbonyl (C=O) groups excluding carboxylic acids is 1. The van der Waals surface area contributed by atoms with Crippen molar-refractivity contribution >= 4 is 12.0 Å². The molecule has 0 aromatic heterocycles. The van der Waals surface area contributed by atoms with Crippen LogP contribution >= 0.6 is 0 Å². The van der Waals surface area contributed by atoms with E-state index in [4.69, 9.17) is 4.74 Å². The molecule has 0 radical (unpaired) electrons. The lowest BCUT2D eigenvalue weighted by Crippen LogP contribution is -2.15. The molecule has 1 aliphatic rings. The van der Waals surface area contributed by atoms with Crippen molar-refractivity contribution in [3.8, 4) is 16.9 Å². The topological polar surface area (TPSA) is 26.3 Å². The van der Waals surface area contributed by atoms with Gasteiger partial charge in [-0.1, -0.05) is 25.8 Å². The highest BCUT2D eigenvalue weighted by molar-refractivity contribution is 5.91. The minimum atomic E-state index is -4.83. The number of esters is 1. The van der Waals surface area contributed by atoms with E-state index in [1.54, 1.807) is 6.07 Å². The predicted molar refractivity (Wildman–Crippen MR) is 138 cm³/mol. The Morgan fingerprint density at radius 3 is 2.00 bits per heavy atom. The van der Waals surface area contributed by atoms with Gasteiger partial charge in [0, 0.05) is 23.8 Å². The van der Waals surface area contributed by atoms with Gasteiger partial charge in [0.2, 0.25) is 0 Å². The van der Waals surface area contributed by atoms with Gasteiger partial charge in [0.05, 0.1) is 11.1 Å². The van der Waals surface area contributed by atoms with Crippen LogP contribution in [0.15, 0.2) is 48.5 Å². The van der Waals surface area contributed by atoms with E-state index in [1.807, 2.05) is 0 Å². The maximum absolute atomic E-state index is 14.8. The monoisotopic (exact) mass is 582 g/mol. The molecule has 0 atom stereocenters. The van der Waals surface area contributed by atoms with Crippen LogP contribution in [-0.4, -0.2) is 12.1 Å². The van der Waals surface area contributed by atoms with Gasteiger partial charge in [-0.15, -0.1) is 0 Å². The molecule has 0 N–H and O–H groups in total. The molecule has 1 aliphatic carbocycles. The lowest BCUT2D eigenvalue weighted by atomic mass is 9.77. The number of halogens is 8. The molecular weight excluding hydrogens is 556 g/mol. The standard InChI is InChI=1S/C31H26F8O2/c1-2-3-17-4-6-18(7-5-17)19-8-9-23(26(34)12-19)30(40)41-21-15-27(35)29(28(36)16-21)20-13-24(32)22(25(33)14-20)10-11-31(37,38)39/h8-18H,2-7H2,1H3. The van der Waals surface area contributed by atoms with Crippen LogP contribution in [0.2, 0.25) is 0 Å². The second-order valence-corrected chi connectivity index (χ2v) is 10.1. The fourth-order valence-electron chi connectivity index (χ4n) is 5.26. The van der Waals surface area contributed by atoms with Crippen molar-refractivity contribution in [2.24, 2.45) is 5.92 Å². The van der Waals surface area contributed by atoms with E-state index >= 15 is 0 Å². The summed E-state index contributed by atoms with van der Waals surface area (Å²) in [6, 6.07) is 6.24. The van der Waals surface area contributed by atoms with Crippen LogP contribution < -0.4 is 4.74 Å². The average Bonchev–Trinajstić information content (AvgIpc) is 2.87. The zero-order valence-corrected chi connectivity index (χ0v) is 21.9. The third kappa shape index (κ3) is 7.34. The van der Waals surface area contributed by atoms with Gasteiger partial charge < -0.3 is 4.74 Å². The van der Waals surface area contributed by atoms with E-state index in [1.165, 1.54) is 12.1 Å². The maximum Gasteiger partial charge on any atom is 0.409 e. The van der Waals surface area contributed by atoms with E-state index < -0.39 is 69.2 Å². The zero-order valence-electron chi connectivity index (χ0n) is 21.9. The van der Waals surface area contributed by atoms with Crippen LogP contribution in [-0.2, 0) is 0 Å². The van der Waals surface area contributed by atoms with Gasteiger partial charge in [-0.25, -0.2) is 26.7 Å². The number of hydrogen-bond acceptors (Lipinski definition) is 2. The van der Waals surface area contributed by atoms with E-state index in [0.29, 0.717) is 30.2 Å². The second-order valence-electron chi connectivity index (χ2n) is 10.1. The quantitative estimate of drug-likeness (QED) is 0.157. The number of alkyl halides is 3. The first-order valence-corrected chi connectivity index (χ1v) is 13.1. The summed E-state index contributed by atoms with van der Waals surface area (Å²) in [5, 5.41) is 0. The molecule has 10 heteroatoms. The van der Waals surface area contributed by atoms with Crippen LogP contribution in [0.3, 0.4) is 0 Å². The van der Waals surface area contributed by atoms with Gasteiger partial charge in [-0.05, 0) is 79.0 Å². The lowest BCUT2D eigenvalue weighted by molar-refractivity contribution is -0.0790.